The predicted octanol–water partition coefficient (Wildman–Crippen LogP) is 3.15. The Morgan fingerprint density at radius 1 is 1.29 bits per heavy atom. The first-order chi connectivity index (χ1) is 8.31. The van der Waals surface area contributed by atoms with Crippen LogP contribution >= 0.6 is 15.9 Å². The van der Waals surface area contributed by atoms with Gasteiger partial charge in [0.25, 0.3) is 5.91 Å². The molecule has 1 N–H and O–H groups in total. The van der Waals surface area contributed by atoms with Gasteiger partial charge >= 0.3 is 0 Å². The fourth-order valence-corrected chi connectivity index (χ4v) is 2.07. The molecule has 0 radical (unpaired) electrons. The number of nitrogens with one attached hydrogen (secondary N) is 1. The molecule has 1 amide bonds. The largest absolute Gasteiger partial charge is 0.472 e. The van der Waals surface area contributed by atoms with Gasteiger partial charge in [-0.3, -0.25) is 4.79 Å². The first-order valence-corrected chi connectivity index (χ1v) is 6.37. The quantitative estimate of drug-likeness (QED) is 0.880. The summed E-state index contributed by atoms with van der Waals surface area (Å²) in [5, 5.41) is 3.61. The smallest absolute Gasteiger partial charge is 0.255 e. The maximum absolute atomic E-state index is 11.9. The number of carbonyl (C=O) groups is 1. The molecule has 0 aliphatic heterocycles. The highest BCUT2D eigenvalue weighted by Crippen LogP contribution is 2.15. The number of hydrogen-bond acceptors (Lipinski definition) is 2. The van der Waals surface area contributed by atoms with E-state index in [4.69, 9.17) is 4.42 Å². The van der Waals surface area contributed by atoms with Crippen molar-refractivity contribution in [1.29, 1.82) is 0 Å². The Balaban J connectivity index is 2.09. The Morgan fingerprint density at radius 3 is 2.65 bits per heavy atom. The molecule has 0 aliphatic carbocycles. The van der Waals surface area contributed by atoms with Gasteiger partial charge in [0.2, 0.25) is 0 Å². The van der Waals surface area contributed by atoms with E-state index >= 15 is 0 Å². The molecule has 0 fully saturated rings. The summed E-state index contributed by atoms with van der Waals surface area (Å²) in [6.07, 6.45) is 2.92. The van der Waals surface area contributed by atoms with E-state index < -0.39 is 0 Å². The number of rotatable bonds is 4. The van der Waals surface area contributed by atoms with Crippen molar-refractivity contribution in [2.45, 2.75) is 6.04 Å². The van der Waals surface area contributed by atoms with Gasteiger partial charge in [-0.05, 0) is 11.6 Å². The van der Waals surface area contributed by atoms with E-state index in [1.165, 1.54) is 12.5 Å². The molecule has 2 rings (SSSR count). The second-order valence-electron chi connectivity index (χ2n) is 3.60. The molecule has 1 aromatic carbocycles. The molecule has 1 unspecified atom stereocenters. The van der Waals surface area contributed by atoms with E-state index in [1.54, 1.807) is 6.07 Å². The standard InChI is InChI=1S/C13H12BrNO2/c14-8-12(10-4-2-1-3-5-10)15-13(16)11-6-7-17-9-11/h1-7,9,12H,8H2,(H,15,16). The lowest BCUT2D eigenvalue weighted by Gasteiger charge is -2.15. The van der Waals surface area contributed by atoms with Crippen LogP contribution in [0.25, 0.3) is 0 Å². The Hall–Kier alpha value is -1.55. The van der Waals surface area contributed by atoms with E-state index in [2.05, 4.69) is 21.2 Å². The van der Waals surface area contributed by atoms with E-state index in [1.807, 2.05) is 30.3 Å². The predicted molar refractivity (Wildman–Crippen MR) is 69.2 cm³/mol. The van der Waals surface area contributed by atoms with Gasteiger partial charge in [0.05, 0.1) is 17.9 Å². The number of alkyl halides is 1. The maximum Gasteiger partial charge on any atom is 0.255 e. The average molecular weight is 294 g/mol. The third kappa shape index (κ3) is 2.97. The molecule has 0 saturated heterocycles. The summed E-state index contributed by atoms with van der Waals surface area (Å²) in [7, 11) is 0. The molecule has 4 heteroatoms. The molecule has 0 saturated carbocycles. The lowest BCUT2D eigenvalue weighted by molar-refractivity contribution is 0.0940. The Kier molecular flexibility index (Phi) is 3.98. The summed E-state index contributed by atoms with van der Waals surface area (Å²) in [6, 6.07) is 11.4. The van der Waals surface area contributed by atoms with E-state index in [0.717, 1.165) is 5.56 Å². The third-order valence-corrected chi connectivity index (χ3v) is 3.09. The van der Waals surface area contributed by atoms with Crippen molar-refractivity contribution in [3.63, 3.8) is 0 Å². The molecule has 1 atom stereocenters. The van der Waals surface area contributed by atoms with Crippen molar-refractivity contribution in [2.24, 2.45) is 0 Å². The van der Waals surface area contributed by atoms with Crippen LogP contribution in [0, 0.1) is 0 Å². The van der Waals surface area contributed by atoms with Crippen LogP contribution in [0.4, 0.5) is 0 Å². The van der Waals surface area contributed by atoms with E-state index in [0.29, 0.717) is 10.9 Å². The summed E-state index contributed by atoms with van der Waals surface area (Å²) in [5.74, 6) is -0.132. The topological polar surface area (TPSA) is 42.2 Å². The minimum Gasteiger partial charge on any atom is -0.472 e. The maximum atomic E-state index is 11.9. The van der Waals surface area contributed by atoms with Crippen molar-refractivity contribution < 1.29 is 9.21 Å². The molecule has 1 heterocycles. The van der Waals surface area contributed by atoms with Crippen molar-refractivity contribution in [3.05, 3.63) is 60.1 Å². The number of furan rings is 1. The first kappa shape index (κ1) is 11.9. The number of halogens is 1. The monoisotopic (exact) mass is 293 g/mol. The fraction of sp³-hybridized carbons (Fsp3) is 0.154. The normalized spacial score (nSPS) is 12.1. The van der Waals surface area contributed by atoms with Gasteiger partial charge in [-0.15, -0.1) is 0 Å². The molecular weight excluding hydrogens is 282 g/mol. The molecule has 0 bridgehead atoms. The molecule has 0 aliphatic rings. The zero-order valence-corrected chi connectivity index (χ0v) is 10.7. The van der Waals surface area contributed by atoms with Crippen LogP contribution in [-0.2, 0) is 0 Å². The van der Waals surface area contributed by atoms with Crippen LogP contribution in [0.15, 0.2) is 53.3 Å². The van der Waals surface area contributed by atoms with Crippen molar-refractivity contribution in [3.8, 4) is 0 Å². The molecule has 0 spiro atoms. The average Bonchev–Trinajstić information content (AvgIpc) is 2.90. The number of carbonyl (C=O) groups excluding carboxylic acids is 1. The van der Waals surface area contributed by atoms with Crippen LogP contribution in [0.1, 0.15) is 22.0 Å². The SMILES string of the molecule is O=C(NC(CBr)c1ccccc1)c1ccoc1. The molecular formula is C13H12BrNO2. The minimum atomic E-state index is -0.132. The molecule has 17 heavy (non-hydrogen) atoms. The van der Waals surface area contributed by atoms with Crippen molar-refractivity contribution >= 4 is 21.8 Å². The van der Waals surface area contributed by atoms with Crippen LogP contribution in [0.2, 0.25) is 0 Å². The Labute approximate surface area is 108 Å². The zero-order valence-electron chi connectivity index (χ0n) is 9.10. The summed E-state index contributed by atoms with van der Waals surface area (Å²) in [6.45, 7) is 0. The van der Waals surface area contributed by atoms with Crippen LogP contribution in [-0.4, -0.2) is 11.2 Å². The van der Waals surface area contributed by atoms with Gasteiger partial charge in [0.1, 0.15) is 6.26 Å². The zero-order chi connectivity index (χ0) is 12.1. The summed E-state index contributed by atoms with van der Waals surface area (Å²) in [4.78, 5) is 11.9. The Bertz CT molecular complexity index is 467. The number of hydrogen-bond donors (Lipinski definition) is 1. The van der Waals surface area contributed by atoms with E-state index in [-0.39, 0.29) is 11.9 Å². The first-order valence-electron chi connectivity index (χ1n) is 5.25. The summed E-state index contributed by atoms with van der Waals surface area (Å²) >= 11 is 3.41. The number of amides is 1. The number of benzene rings is 1. The second kappa shape index (κ2) is 5.68. The van der Waals surface area contributed by atoms with Crippen LogP contribution in [0.5, 0.6) is 0 Å². The highest BCUT2D eigenvalue weighted by molar-refractivity contribution is 9.09. The molecule has 1 aromatic heterocycles. The molecule has 3 nitrogen and oxygen atoms in total. The van der Waals surface area contributed by atoms with Gasteiger partial charge in [0.15, 0.2) is 0 Å². The highest BCUT2D eigenvalue weighted by atomic mass is 79.9. The van der Waals surface area contributed by atoms with Crippen molar-refractivity contribution in [2.75, 3.05) is 5.33 Å². The summed E-state index contributed by atoms with van der Waals surface area (Å²) < 4.78 is 4.88. The summed E-state index contributed by atoms with van der Waals surface area (Å²) in [5.41, 5.74) is 1.60. The second-order valence-corrected chi connectivity index (χ2v) is 4.25. The molecule has 2 aromatic rings. The van der Waals surface area contributed by atoms with Gasteiger partial charge < -0.3 is 9.73 Å². The van der Waals surface area contributed by atoms with Crippen LogP contribution in [0.3, 0.4) is 0 Å². The van der Waals surface area contributed by atoms with Gasteiger partial charge in [0, 0.05) is 5.33 Å². The van der Waals surface area contributed by atoms with Gasteiger partial charge in [-0.1, -0.05) is 46.3 Å². The fourth-order valence-electron chi connectivity index (χ4n) is 1.53. The lowest BCUT2D eigenvalue weighted by atomic mass is 10.1. The highest BCUT2D eigenvalue weighted by Gasteiger charge is 2.14. The minimum absolute atomic E-state index is 0.0430. The lowest BCUT2D eigenvalue weighted by Crippen LogP contribution is -2.29. The van der Waals surface area contributed by atoms with Crippen molar-refractivity contribution in [1.82, 2.24) is 5.32 Å². The van der Waals surface area contributed by atoms with Crippen LogP contribution < -0.4 is 5.32 Å². The van der Waals surface area contributed by atoms with Gasteiger partial charge in [-0.2, -0.15) is 0 Å². The molecule has 88 valence electrons. The Morgan fingerprint density at radius 2 is 2.06 bits per heavy atom. The third-order valence-electron chi connectivity index (χ3n) is 2.44. The van der Waals surface area contributed by atoms with E-state index in [9.17, 15) is 4.79 Å². The van der Waals surface area contributed by atoms with Gasteiger partial charge in [-0.25, -0.2) is 0 Å².